The summed E-state index contributed by atoms with van der Waals surface area (Å²) < 4.78 is 9.81. The average Bonchev–Trinajstić information content (AvgIpc) is 2.92. The van der Waals surface area contributed by atoms with Crippen LogP contribution in [0.4, 0.5) is 0 Å². The second-order valence-electron chi connectivity index (χ2n) is 3.43. The lowest BCUT2D eigenvalue weighted by Crippen LogP contribution is -2.23. The molecule has 6 heteroatoms. The summed E-state index contributed by atoms with van der Waals surface area (Å²) in [5, 5.41) is 3.52. The predicted molar refractivity (Wildman–Crippen MR) is 61.8 cm³/mol. The highest BCUT2D eigenvalue weighted by molar-refractivity contribution is 5.93. The van der Waals surface area contributed by atoms with Crippen LogP contribution in [-0.4, -0.2) is 18.2 Å². The quantitative estimate of drug-likeness (QED) is 0.812. The van der Waals surface area contributed by atoms with Crippen molar-refractivity contribution in [3.8, 4) is 5.75 Å². The molecule has 0 aliphatic heterocycles. The minimum absolute atomic E-state index is 0.127. The van der Waals surface area contributed by atoms with Crippen molar-refractivity contribution in [2.75, 3.05) is 7.11 Å². The van der Waals surface area contributed by atoms with Gasteiger partial charge in [0.15, 0.2) is 5.76 Å². The van der Waals surface area contributed by atoms with Crippen LogP contribution in [0.1, 0.15) is 16.1 Å². The van der Waals surface area contributed by atoms with Crippen molar-refractivity contribution in [1.29, 1.82) is 0 Å². The van der Waals surface area contributed by atoms with Crippen LogP contribution in [0, 0.1) is 0 Å². The van der Waals surface area contributed by atoms with Crippen molar-refractivity contribution in [3.05, 3.63) is 47.9 Å². The average molecular weight is 248 g/mol. The molecule has 0 aliphatic carbocycles. The van der Waals surface area contributed by atoms with Gasteiger partial charge in [-0.2, -0.15) is 0 Å². The lowest BCUT2D eigenvalue weighted by molar-refractivity contribution is 0.0156. The Labute approximate surface area is 103 Å². The van der Waals surface area contributed by atoms with Crippen molar-refractivity contribution in [2.45, 2.75) is 6.61 Å². The number of nitrogens with zero attached hydrogens (tertiary/aromatic N) is 1. The van der Waals surface area contributed by atoms with Crippen LogP contribution in [0.2, 0.25) is 0 Å². The number of hydroxylamine groups is 1. The van der Waals surface area contributed by atoms with E-state index in [-0.39, 0.29) is 12.5 Å². The van der Waals surface area contributed by atoms with E-state index in [0.717, 1.165) is 0 Å². The topological polar surface area (TPSA) is 73.6 Å². The van der Waals surface area contributed by atoms with Gasteiger partial charge in [-0.05, 0) is 24.3 Å². The van der Waals surface area contributed by atoms with Gasteiger partial charge in [0.25, 0.3) is 5.91 Å². The van der Waals surface area contributed by atoms with E-state index >= 15 is 0 Å². The highest BCUT2D eigenvalue weighted by atomic mass is 16.7. The molecule has 0 aliphatic rings. The van der Waals surface area contributed by atoms with E-state index in [1.54, 1.807) is 37.4 Å². The number of ether oxygens (including phenoxy) is 1. The molecule has 94 valence electrons. The zero-order chi connectivity index (χ0) is 12.8. The molecule has 0 radical (unpaired) electrons. The van der Waals surface area contributed by atoms with E-state index in [1.807, 2.05) is 0 Å². The van der Waals surface area contributed by atoms with Gasteiger partial charge in [0.2, 0.25) is 0 Å². The van der Waals surface area contributed by atoms with Crippen LogP contribution in [0.3, 0.4) is 0 Å². The molecule has 0 bridgehead atoms. The van der Waals surface area contributed by atoms with Gasteiger partial charge in [0.05, 0.1) is 13.3 Å². The molecule has 2 aromatic rings. The van der Waals surface area contributed by atoms with Crippen LogP contribution in [0.5, 0.6) is 5.75 Å². The van der Waals surface area contributed by atoms with Gasteiger partial charge >= 0.3 is 0 Å². The van der Waals surface area contributed by atoms with Crippen LogP contribution in [0.25, 0.3) is 0 Å². The fourth-order valence-corrected chi connectivity index (χ4v) is 1.29. The van der Waals surface area contributed by atoms with Gasteiger partial charge in [-0.3, -0.25) is 9.63 Å². The molecule has 0 atom stereocenters. The molecule has 0 saturated carbocycles. The number of benzene rings is 1. The minimum Gasteiger partial charge on any atom is -0.497 e. The number of nitrogens with one attached hydrogen (secondary N) is 1. The first kappa shape index (κ1) is 12.1. The molecular formula is C12H12N2O4. The Hall–Kier alpha value is -2.34. The summed E-state index contributed by atoms with van der Waals surface area (Å²) in [4.78, 5) is 16.6. The third-order valence-corrected chi connectivity index (χ3v) is 2.22. The summed E-state index contributed by atoms with van der Waals surface area (Å²) in [5.74, 6) is 0.885. The molecule has 6 nitrogen and oxygen atoms in total. The van der Waals surface area contributed by atoms with Gasteiger partial charge in [-0.1, -0.05) is 5.16 Å². The monoisotopic (exact) mass is 248 g/mol. The Morgan fingerprint density at radius 1 is 1.33 bits per heavy atom. The molecule has 1 heterocycles. The lowest BCUT2D eigenvalue weighted by Gasteiger charge is -2.05. The number of amides is 1. The number of rotatable bonds is 5. The predicted octanol–water partition coefficient (Wildman–Crippen LogP) is 1.54. The smallest absolute Gasteiger partial charge is 0.274 e. The maximum Gasteiger partial charge on any atom is 0.274 e. The van der Waals surface area contributed by atoms with Gasteiger partial charge in [0, 0.05) is 11.6 Å². The Morgan fingerprint density at radius 3 is 2.72 bits per heavy atom. The number of carbonyl (C=O) groups excluding carboxylic acids is 1. The van der Waals surface area contributed by atoms with Crippen molar-refractivity contribution >= 4 is 5.91 Å². The number of hydrogen-bond acceptors (Lipinski definition) is 5. The molecule has 2 rings (SSSR count). The summed E-state index contributed by atoms with van der Waals surface area (Å²) in [5.41, 5.74) is 2.79. The number of hydrogen-bond donors (Lipinski definition) is 1. The largest absolute Gasteiger partial charge is 0.497 e. The molecule has 1 aromatic carbocycles. The van der Waals surface area contributed by atoms with E-state index in [9.17, 15) is 4.79 Å². The molecule has 0 unspecified atom stereocenters. The van der Waals surface area contributed by atoms with E-state index < -0.39 is 0 Å². The molecule has 1 aromatic heterocycles. The first-order valence-electron chi connectivity index (χ1n) is 5.25. The maximum absolute atomic E-state index is 11.6. The van der Waals surface area contributed by atoms with Crippen LogP contribution in [-0.2, 0) is 11.4 Å². The van der Waals surface area contributed by atoms with Crippen molar-refractivity contribution < 1.29 is 18.9 Å². The van der Waals surface area contributed by atoms with Crippen LogP contribution < -0.4 is 10.2 Å². The maximum atomic E-state index is 11.6. The fraction of sp³-hybridized carbons (Fsp3) is 0.167. The van der Waals surface area contributed by atoms with Crippen molar-refractivity contribution in [2.24, 2.45) is 0 Å². The first-order chi connectivity index (χ1) is 8.79. The van der Waals surface area contributed by atoms with E-state index in [2.05, 4.69) is 10.6 Å². The molecule has 1 N–H and O–H groups in total. The number of methoxy groups -OCH3 is 1. The Balaban J connectivity index is 1.83. The zero-order valence-electron chi connectivity index (χ0n) is 9.75. The molecular weight excluding hydrogens is 236 g/mol. The summed E-state index contributed by atoms with van der Waals surface area (Å²) in [6.07, 6.45) is 1.50. The van der Waals surface area contributed by atoms with Crippen LogP contribution >= 0.6 is 0 Å². The van der Waals surface area contributed by atoms with E-state index in [1.165, 1.54) is 6.20 Å². The standard InChI is InChI=1S/C12H12N2O4/c1-16-10-4-2-9(3-5-10)12(15)14-17-8-11-6-7-13-18-11/h2-7H,8H2,1H3,(H,14,15). The minimum atomic E-state index is -0.336. The number of carbonyl (C=O) groups is 1. The second kappa shape index (κ2) is 5.83. The third kappa shape index (κ3) is 3.08. The van der Waals surface area contributed by atoms with Gasteiger partial charge in [-0.15, -0.1) is 0 Å². The second-order valence-corrected chi connectivity index (χ2v) is 3.43. The van der Waals surface area contributed by atoms with Crippen molar-refractivity contribution in [3.63, 3.8) is 0 Å². The lowest BCUT2D eigenvalue weighted by atomic mass is 10.2. The van der Waals surface area contributed by atoms with Gasteiger partial charge in [-0.25, -0.2) is 5.48 Å². The SMILES string of the molecule is COc1ccc(C(=O)NOCc2ccno2)cc1. The van der Waals surface area contributed by atoms with Crippen LogP contribution in [0.15, 0.2) is 41.1 Å². The molecule has 1 amide bonds. The fourth-order valence-electron chi connectivity index (χ4n) is 1.29. The Morgan fingerprint density at radius 2 is 2.11 bits per heavy atom. The molecule has 18 heavy (non-hydrogen) atoms. The molecule has 0 fully saturated rings. The molecule has 0 saturated heterocycles. The number of aromatic nitrogens is 1. The van der Waals surface area contributed by atoms with E-state index in [4.69, 9.17) is 14.1 Å². The van der Waals surface area contributed by atoms with Gasteiger partial charge in [0.1, 0.15) is 12.4 Å². The van der Waals surface area contributed by atoms with Gasteiger partial charge < -0.3 is 9.26 Å². The highest BCUT2D eigenvalue weighted by Gasteiger charge is 2.06. The summed E-state index contributed by atoms with van der Waals surface area (Å²) in [7, 11) is 1.57. The summed E-state index contributed by atoms with van der Waals surface area (Å²) in [6, 6.07) is 8.34. The summed E-state index contributed by atoms with van der Waals surface area (Å²) >= 11 is 0. The molecule has 0 spiro atoms. The highest BCUT2D eigenvalue weighted by Crippen LogP contribution is 2.11. The van der Waals surface area contributed by atoms with Crippen molar-refractivity contribution in [1.82, 2.24) is 10.6 Å². The van der Waals surface area contributed by atoms with E-state index in [0.29, 0.717) is 17.1 Å². The Bertz CT molecular complexity index is 493. The third-order valence-electron chi connectivity index (χ3n) is 2.22. The summed E-state index contributed by atoms with van der Waals surface area (Å²) in [6.45, 7) is 0.127. The zero-order valence-corrected chi connectivity index (χ0v) is 9.75. The Kier molecular flexibility index (Phi) is 3.93. The first-order valence-corrected chi connectivity index (χ1v) is 5.25. The normalized spacial score (nSPS) is 10.1.